The van der Waals surface area contributed by atoms with E-state index in [1.54, 1.807) is 12.1 Å². The van der Waals surface area contributed by atoms with Gasteiger partial charge in [0.05, 0.1) is 22.7 Å². The van der Waals surface area contributed by atoms with Crippen LogP contribution < -0.4 is 5.32 Å². The van der Waals surface area contributed by atoms with Crippen molar-refractivity contribution in [2.24, 2.45) is 0 Å². The highest BCUT2D eigenvalue weighted by Crippen LogP contribution is 2.12. The van der Waals surface area contributed by atoms with Gasteiger partial charge in [0.2, 0.25) is 5.91 Å². The minimum atomic E-state index is -0.990. The molecule has 2 aromatic rings. The van der Waals surface area contributed by atoms with Crippen LogP contribution >= 0.6 is 11.3 Å². The fourth-order valence-electron chi connectivity index (χ4n) is 1.56. The zero-order chi connectivity index (χ0) is 13.8. The molecule has 0 aliphatic carbocycles. The van der Waals surface area contributed by atoms with Crippen molar-refractivity contribution in [2.45, 2.75) is 13.3 Å². The van der Waals surface area contributed by atoms with Gasteiger partial charge in [-0.15, -0.1) is 11.3 Å². The van der Waals surface area contributed by atoms with Crippen molar-refractivity contribution in [1.29, 1.82) is 0 Å². The average molecular weight is 276 g/mol. The molecule has 6 heteroatoms. The summed E-state index contributed by atoms with van der Waals surface area (Å²) in [5, 5.41) is 14.2. The van der Waals surface area contributed by atoms with Gasteiger partial charge in [-0.1, -0.05) is 0 Å². The molecule has 1 aromatic heterocycles. The first-order chi connectivity index (χ1) is 9.04. The largest absolute Gasteiger partial charge is 0.478 e. The number of hydrogen-bond donors (Lipinski definition) is 2. The maximum atomic E-state index is 11.7. The fourth-order valence-corrected chi connectivity index (χ4v) is 2.17. The molecule has 0 spiro atoms. The molecule has 0 atom stereocenters. The second-order valence-electron chi connectivity index (χ2n) is 3.97. The van der Waals surface area contributed by atoms with E-state index in [4.69, 9.17) is 5.11 Å². The number of amides is 1. The van der Waals surface area contributed by atoms with E-state index in [1.807, 2.05) is 12.3 Å². The van der Waals surface area contributed by atoms with Crippen molar-refractivity contribution >= 4 is 28.9 Å². The molecule has 0 aliphatic rings. The number of nitrogens with zero attached hydrogens (tertiary/aromatic N) is 1. The summed E-state index contributed by atoms with van der Waals surface area (Å²) in [6.07, 6.45) is 0.213. The van der Waals surface area contributed by atoms with E-state index in [2.05, 4.69) is 10.3 Å². The Morgan fingerprint density at radius 1 is 1.32 bits per heavy atom. The van der Waals surface area contributed by atoms with Gasteiger partial charge in [-0.3, -0.25) is 4.79 Å². The molecule has 98 valence electrons. The number of thiazole rings is 1. The van der Waals surface area contributed by atoms with Gasteiger partial charge in [0.15, 0.2) is 0 Å². The van der Waals surface area contributed by atoms with Gasteiger partial charge in [-0.2, -0.15) is 0 Å². The van der Waals surface area contributed by atoms with E-state index in [-0.39, 0.29) is 17.9 Å². The molecule has 1 aromatic carbocycles. The van der Waals surface area contributed by atoms with Crippen molar-refractivity contribution in [3.05, 3.63) is 45.9 Å². The summed E-state index contributed by atoms with van der Waals surface area (Å²) in [5.41, 5.74) is 1.50. The molecule has 0 unspecified atom stereocenters. The third-order valence-corrected chi connectivity index (χ3v) is 3.25. The van der Waals surface area contributed by atoms with E-state index in [1.165, 1.54) is 23.5 Å². The lowest BCUT2D eigenvalue weighted by Gasteiger charge is -2.04. The quantitative estimate of drug-likeness (QED) is 0.898. The lowest BCUT2D eigenvalue weighted by atomic mass is 10.2. The highest BCUT2D eigenvalue weighted by molar-refractivity contribution is 7.09. The van der Waals surface area contributed by atoms with Crippen molar-refractivity contribution in [3.8, 4) is 0 Å². The highest BCUT2D eigenvalue weighted by Gasteiger charge is 2.07. The molecule has 5 nitrogen and oxygen atoms in total. The summed E-state index contributed by atoms with van der Waals surface area (Å²) in [7, 11) is 0. The summed E-state index contributed by atoms with van der Waals surface area (Å²) >= 11 is 1.50. The summed E-state index contributed by atoms with van der Waals surface area (Å²) in [4.78, 5) is 26.6. The van der Waals surface area contributed by atoms with E-state index < -0.39 is 5.97 Å². The van der Waals surface area contributed by atoms with Crippen LogP contribution in [0, 0.1) is 6.92 Å². The number of anilines is 1. The maximum Gasteiger partial charge on any atom is 0.335 e. The lowest BCUT2D eigenvalue weighted by molar-refractivity contribution is -0.115. The Morgan fingerprint density at radius 2 is 2.00 bits per heavy atom. The van der Waals surface area contributed by atoms with Gasteiger partial charge < -0.3 is 10.4 Å². The summed E-state index contributed by atoms with van der Waals surface area (Å²) in [5.74, 6) is -1.16. The molecule has 0 saturated heterocycles. The predicted molar refractivity (Wildman–Crippen MR) is 72.6 cm³/mol. The molecule has 1 amide bonds. The van der Waals surface area contributed by atoms with Crippen molar-refractivity contribution in [1.82, 2.24) is 4.98 Å². The first kappa shape index (κ1) is 13.2. The van der Waals surface area contributed by atoms with Crippen LogP contribution in [0.1, 0.15) is 21.1 Å². The third-order valence-electron chi connectivity index (χ3n) is 2.42. The number of carboxylic acid groups (broad SMARTS) is 1. The number of nitrogens with one attached hydrogen (secondary N) is 1. The van der Waals surface area contributed by atoms with E-state index in [0.717, 1.165) is 10.7 Å². The van der Waals surface area contributed by atoms with Crippen LogP contribution in [0.3, 0.4) is 0 Å². The van der Waals surface area contributed by atoms with Crippen molar-refractivity contribution in [3.63, 3.8) is 0 Å². The average Bonchev–Trinajstić information content (AvgIpc) is 2.75. The molecule has 0 fully saturated rings. The second-order valence-corrected chi connectivity index (χ2v) is 5.03. The zero-order valence-corrected chi connectivity index (χ0v) is 11.0. The number of aryl methyl sites for hydroxylation is 1. The van der Waals surface area contributed by atoms with Crippen LogP contribution in [0.2, 0.25) is 0 Å². The zero-order valence-electron chi connectivity index (χ0n) is 10.2. The standard InChI is InChI=1S/C13H12N2O3S/c1-8-14-11(7-19-8)6-12(16)15-10-4-2-9(3-5-10)13(17)18/h2-5,7H,6H2,1H3,(H,15,16)(H,17,18). The summed E-state index contributed by atoms with van der Waals surface area (Å²) in [6.45, 7) is 1.89. The summed E-state index contributed by atoms with van der Waals surface area (Å²) in [6, 6.07) is 6.02. The highest BCUT2D eigenvalue weighted by atomic mass is 32.1. The minimum Gasteiger partial charge on any atom is -0.478 e. The van der Waals surface area contributed by atoms with Crippen LogP contribution in [-0.4, -0.2) is 22.0 Å². The molecule has 0 radical (unpaired) electrons. The molecule has 2 N–H and O–H groups in total. The molecule has 0 aliphatic heterocycles. The molecular weight excluding hydrogens is 264 g/mol. The Balaban J connectivity index is 1.97. The topological polar surface area (TPSA) is 79.3 Å². The Labute approximate surface area is 113 Å². The number of carbonyl (C=O) groups is 2. The van der Waals surface area contributed by atoms with Gasteiger partial charge in [0.1, 0.15) is 0 Å². The number of aromatic nitrogens is 1. The molecule has 0 bridgehead atoms. The molecule has 0 saturated carbocycles. The first-order valence-corrected chi connectivity index (χ1v) is 6.47. The van der Waals surface area contributed by atoms with Crippen LogP contribution in [0.15, 0.2) is 29.6 Å². The maximum absolute atomic E-state index is 11.7. The normalized spacial score (nSPS) is 10.2. The second kappa shape index (κ2) is 5.62. The van der Waals surface area contributed by atoms with Gasteiger partial charge in [0.25, 0.3) is 0 Å². The number of rotatable bonds is 4. The van der Waals surface area contributed by atoms with E-state index in [9.17, 15) is 9.59 Å². The Morgan fingerprint density at radius 3 is 2.53 bits per heavy atom. The van der Waals surface area contributed by atoms with Crippen molar-refractivity contribution in [2.75, 3.05) is 5.32 Å². The van der Waals surface area contributed by atoms with Crippen LogP contribution in [0.5, 0.6) is 0 Å². The summed E-state index contributed by atoms with van der Waals surface area (Å²) < 4.78 is 0. The van der Waals surface area contributed by atoms with Gasteiger partial charge >= 0.3 is 5.97 Å². The van der Waals surface area contributed by atoms with Crippen LogP contribution in [0.25, 0.3) is 0 Å². The first-order valence-electron chi connectivity index (χ1n) is 5.59. The van der Waals surface area contributed by atoms with Gasteiger partial charge in [0, 0.05) is 11.1 Å². The number of hydrogen-bond acceptors (Lipinski definition) is 4. The molecular formula is C13H12N2O3S. The van der Waals surface area contributed by atoms with Crippen LogP contribution in [-0.2, 0) is 11.2 Å². The number of benzene rings is 1. The van der Waals surface area contributed by atoms with Crippen LogP contribution in [0.4, 0.5) is 5.69 Å². The van der Waals surface area contributed by atoms with Gasteiger partial charge in [-0.05, 0) is 31.2 Å². The Hall–Kier alpha value is -2.21. The van der Waals surface area contributed by atoms with E-state index in [0.29, 0.717) is 5.69 Å². The predicted octanol–water partition coefficient (Wildman–Crippen LogP) is 2.33. The fraction of sp³-hybridized carbons (Fsp3) is 0.154. The monoisotopic (exact) mass is 276 g/mol. The van der Waals surface area contributed by atoms with Gasteiger partial charge in [-0.25, -0.2) is 9.78 Å². The number of aromatic carboxylic acids is 1. The number of carbonyl (C=O) groups excluding carboxylic acids is 1. The number of carboxylic acids is 1. The smallest absolute Gasteiger partial charge is 0.335 e. The SMILES string of the molecule is Cc1nc(CC(=O)Nc2ccc(C(=O)O)cc2)cs1. The Kier molecular flexibility index (Phi) is 3.91. The minimum absolute atomic E-state index is 0.173. The lowest BCUT2D eigenvalue weighted by Crippen LogP contribution is -2.14. The van der Waals surface area contributed by atoms with Crippen molar-refractivity contribution < 1.29 is 14.7 Å². The molecule has 19 heavy (non-hydrogen) atoms. The molecule has 1 heterocycles. The molecule has 2 rings (SSSR count). The van der Waals surface area contributed by atoms with E-state index >= 15 is 0 Å². The third kappa shape index (κ3) is 3.62. The Bertz CT molecular complexity index is 605.